The van der Waals surface area contributed by atoms with E-state index in [4.69, 9.17) is 0 Å². The maximum absolute atomic E-state index is 12.4. The van der Waals surface area contributed by atoms with Crippen molar-refractivity contribution >= 4 is 55.1 Å². The molecule has 112 valence electrons. The Labute approximate surface area is 145 Å². The highest BCUT2D eigenvalue weighted by atomic mass is 79.9. The van der Waals surface area contributed by atoms with Crippen LogP contribution in [0.25, 0.3) is 11.6 Å². The number of nitrogens with one attached hydrogen (secondary N) is 2. The standard InChI is InChI=1S/C17H14Br2N2O/c18-10-6-12-13(17(22)21-16(12)14(19)7-10)5-9-8-20-15-4-2-1-3-11(9)15/h5-8,20H,1-4H2,(H,21,22). The van der Waals surface area contributed by atoms with Crippen LogP contribution < -0.4 is 5.32 Å². The number of anilines is 1. The molecule has 0 saturated heterocycles. The Kier molecular flexibility index (Phi) is 3.50. The smallest absolute Gasteiger partial charge is 0.256 e. The molecule has 3 nitrogen and oxygen atoms in total. The van der Waals surface area contributed by atoms with Crippen molar-refractivity contribution in [3.05, 3.63) is 49.7 Å². The molecule has 4 rings (SSSR count). The number of benzene rings is 1. The number of amides is 1. The Bertz CT molecular complexity index is 820. The lowest BCUT2D eigenvalue weighted by Gasteiger charge is -2.11. The number of H-pyrrole nitrogens is 1. The molecule has 0 saturated carbocycles. The summed E-state index contributed by atoms with van der Waals surface area (Å²) in [6.07, 6.45) is 8.71. The van der Waals surface area contributed by atoms with Gasteiger partial charge in [0.2, 0.25) is 0 Å². The van der Waals surface area contributed by atoms with Crippen molar-refractivity contribution < 1.29 is 4.79 Å². The molecule has 2 aromatic rings. The van der Waals surface area contributed by atoms with Gasteiger partial charge in [-0.25, -0.2) is 0 Å². The summed E-state index contributed by atoms with van der Waals surface area (Å²) in [6.45, 7) is 0. The highest BCUT2D eigenvalue weighted by Crippen LogP contribution is 2.41. The topological polar surface area (TPSA) is 44.9 Å². The van der Waals surface area contributed by atoms with Gasteiger partial charge in [0, 0.05) is 32.0 Å². The zero-order valence-corrected chi connectivity index (χ0v) is 15.0. The first-order chi connectivity index (χ1) is 10.6. The fourth-order valence-corrected chi connectivity index (χ4v) is 4.60. The van der Waals surface area contributed by atoms with Crippen LogP contribution in [0.5, 0.6) is 0 Å². The third kappa shape index (κ3) is 2.27. The molecule has 22 heavy (non-hydrogen) atoms. The minimum absolute atomic E-state index is 0.0421. The molecule has 1 aromatic heterocycles. The summed E-state index contributed by atoms with van der Waals surface area (Å²) in [4.78, 5) is 15.7. The molecule has 0 fully saturated rings. The van der Waals surface area contributed by atoms with Gasteiger partial charge >= 0.3 is 0 Å². The van der Waals surface area contributed by atoms with E-state index in [2.05, 4.69) is 42.2 Å². The lowest BCUT2D eigenvalue weighted by Crippen LogP contribution is -2.04. The van der Waals surface area contributed by atoms with Crippen molar-refractivity contribution in [2.24, 2.45) is 0 Å². The third-order valence-electron chi connectivity index (χ3n) is 4.35. The Morgan fingerprint density at radius 1 is 1.14 bits per heavy atom. The van der Waals surface area contributed by atoms with Crippen LogP contribution in [0.2, 0.25) is 0 Å². The normalized spacial score (nSPS) is 18.3. The van der Waals surface area contributed by atoms with Crippen LogP contribution in [0.3, 0.4) is 0 Å². The van der Waals surface area contributed by atoms with E-state index in [1.54, 1.807) is 0 Å². The molecular formula is C17H14Br2N2O. The number of hydrogen-bond donors (Lipinski definition) is 2. The van der Waals surface area contributed by atoms with Gasteiger partial charge in [-0.1, -0.05) is 15.9 Å². The maximum atomic E-state index is 12.4. The highest BCUT2D eigenvalue weighted by Gasteiger charge is 2.27. The van der Waals surface area contributed by atoms with Crippen LogP contribution in [-0.2, 0) is 17.6 Å². The van der Waals surface area contributed by atoms with Gasteiger partial charge in [-0.05, 0) is 70.9 Å². The van der Waals surface area contributed by atoms with Crippen molar-refractivity contribution in [1.29, 1.82) is 0 Å². The summed E-state index contributed by atoms with van der Waals surface area (Å²) < 4.78 is 1.85. The van der Waals surface area contributed by atoms with Gasteiger partial charge in [-0.2, -0.15) is 0 Å². The summed E-state index contributed by atoms with van der Waals surface area (Å²) >= 11 is 7.01. The minimum atomic E-state index is -0.0421. The first-order valence-corrected chi connectivity index (χ1v) is 8.93. The number of fused-ring (bicyclic) bond motifs is 2. The molecule has 0 atom stereocenters. The third-order valence-corrected chi connectivity index (χ3v) is 5.43. The maximum Gasteiger partial charge on any atom is 0.256 e. The summed E-state index contributed by atoms with van der Waals surface area (Å²) in [5.74, 6) is -0.0421. The van der Waals surface area contributed by atoms with E-state index < -0.39 is 0 Å². The molecule has 0 spiro atoms. The van der Waals surface area contributed by atoms with E-state index in [1.165, 1.54) is 24.1 Å². The van der Waals surface area contributed by atoms with E-state index in [0.29, 0.717) is 0 Å². The number of aromatic amines is 1. The number of rotatable bonds is 1. The Hall–Kier alpha value is -1.33. The average molecular weight is 422 g/mol. The molecule has 0 bridgehead atoms. The fraction of sp³-hybridized carbons (Fsp3) is 0.235. The van der Waals surface area contributed by atoms with E-state index in [-0.39, 0.29) is 5.91 Å². The average Bonchev–Trinajstić information content (AvgIpc) is 3.03. The van der Waals surface area contributed by atoms with Crippen LogP contribution in [0.1, 0.15) is 35.2 Å². The van der Waals surface area contributed by atoms with Crippen molar-refractivity contribution in [3.63, 3.8) is 0 Å². The number of halogens is 2. The monoisotopic (exact) mass is 420 g/mol. The van der Waals surface area contributed by atoms with Gasteiger partial charge in [0.15, 0.2) is 0 Å². The fourth-order valence-electron chi connectivity index (χ4n) is 3.28. The van der Waals surface area contributed by atoms with E-state index in [1.807, 2.05) is 24.4 Å². The van der Waals surface area contributed by atoms with Gasteiger partial charge in [0.1, 0.15) is 0 Å². The second kappa shape index (κ2) is 5.39. The Morgan fingerprint density at radius 3 is 2.82 bits per heavy atom. The molecule has 1 aromatic carbocycles. The minimum Gasteiger partial charge on any atom is -0.364 e. The summed E-state index contributed by atoms with van der Waals surface area (Å²) in [7, 11) is 0. The van der Waals surface area contributed by atoms with Gasteiger partial charge in [-0.15, -0.1) is 0 Å². The predicted molar refractivity (Wildman–Crippen MR) is 95.8 cm³/mol. The lowest BCUT2D eigenvalue weighted by atomic mass is 9.94. The summed E-state index contributed by atoms with van der Waals surface area (Å²) in [5, 5.41) is 2.95. The number of carbonyl (C=O) groups excluding carboxylic acids is 1. The van der Waals surface area contributed by atoms with Gasteiger partial charge < -0.3 is 10.3 Å². The molecule has 2 heterocycles. The first-order valence-electron chi connectivity index (χ1n) is 7.35. The second-order valence-corrected chi connectivity index (χ2v) is 7.50. The molecule has 5 heteroatoms. The predicted octanol–water partition coefficient (Wildman–Crippen LogP) is 4.91. The number of aromatic nitrogens is 1. The molecule has 1 aliphatic carbocycles. The molecule has 1 amide bonds. The zero-order valence-electron chi connectivity index (χ0n) is 11.8. The zero-order chi connectivity index (χ0) is 15.3. The van der Waals surface area contributed by atoms with Crippen LogP contribution in [0.4, 0.5) is 5.69 Å². The molecule has 0 unspecified atom stereocenters. The molecule has 2 aliphatic rings. The van der Waals surface area contributed by atoms with Crippen LogP contribution in [-0.4, -0.2) is 10.9 Å². The SMILES string of the molecule is O=C1Nc2c(Br)cc(Br)cc2C1=Cc1c[nH]c2c1CCCC2. The summed E-state index contributed by atoms with van der Waals surface area (Å²) in [5.41, 5.74) is 6.36. The van der Waals surface area contributed by atoms with Gasteiger partial charge in [0.25, 0.3) is 5.91 Å². The van der Waals surface area contributed by atoms with E-state index in [0.717, 1.165) is 44.2 Å². The second-order valence-electron chi connectivity index (χ2n) is 5.73. The molecule has 0 radical (unpaired) electrons. The van der Waals surface area contributed by atoms with E-state index in [9.17, 15) is 4.79 Å². The number of hydrogen-bond acceptors (Lipinski definition) is 1. The van der Waals surface area contributed by atoms with Gasteiger partial charge in [0.05, 0.1) is 5.69 Å². The van der Waals surface area contributed by atoms with Crippen molar-refractivity contribution in [2.45, 2.75) is 25.7 Å². The van der Waals surface area contributed by atoms with Crippen molar-refractivity contribution in [3.8, 4) is 0 Å². The largest absolute Gasteiger partial charge is 0.364 e. The Balaban J connectivity index is 1.84. The summed E-state index contributed by atoms with van der Waals surface area (Å²) in [6, 6.07) is 3.93. The molecule has 1 aliphatic heterocycles. The van der Waals surface area contributed by atoms with Crippen LogP contribution in [0, 0.1) is 0 Å². The number of aryl methyl sites for hydroxylation is 1. The van der Waals surface area contributed by atoms with Crippen LogP contribution >= 0.6 is 31.9 Å². The lowest BCUT2D eigenvalue weighted by molar-refractivity contribution is -0.110. The quantitative estimate of drug-likeness (QED) is 0.631. The Morgan fingerprint density at radius 2 is 1.95 bits per heavy atom. The first kappa shape index (κ1) is 14.3. The highest BCUT2D eigenvalue weighted by molar-refractivity contribution is 9.11. The van der Waals surface area contributed by atoms with Crippen molar-refractivity contribution in [2.75, 3.05) is 5.32 Å². The van der Waals surface area contributed by atoms with Crippen molar-refractivity contribution in [1.82, 2.24) is 4.98 Å². The van der Waals surface area contributed by atoms with Gasteiger partial charge in [-0.3, -0.25) is 4.79 Å². The molecular weight excluding hydrogens is 408 g/mol. The van der Waals surface area contributed by atoms with E-state index >= 15 is 0 Å². The number of carbonyl (C=O) groups is 1. The van der Waals surface area contributed by atoms with Crippen LogP contribution in [0.15, 0.2) is 27.3 Å². The molecule has 2 N–H and O–H groups in total.